The number of hydrogen-bond acceptors (Lipinski definition) is 7. The van der Waals surface area contributed by atoms with Crippen molar-refractivity contribution in [3.63, 3.8) is 0 Å². The molecule has 3 aromatic rings. The summed E-state index contributed by atoms with van der Waals surface area (Å²) in [7, 11) is 0. The maximum Gasteiger partial charge on any atom is 0.280 e. The molecule has 0 aromatic carbocycles. The Morgan fingerprint density at radius 1 is 1.45 bits per heavy atom. The predicted molar refractivity (Wildman–Crippen MR) is 81.2 cm³/mol. The molecule has 7 nitrogen and oxygen atoms in total. The Balaban J connectivity index is 1.81. The van der Waals surface area contributed by atoms with E-state index < -0.39 is 0 Å². The van der Waals surface area contributed by atoms with Crippen molar-refractivity contribution >= 4 is 17.2 Å². The molecule has 0 unspecified atom stereocenters. The van der Waals surface area contributed by atoms with E-state index in [1.54, 1.807) is 29.9 Å². The van der Waals surface area contributed by atoms with Gasteiger partial charge in [-0.3, -0.25) is 9.78 Å². The average molecular weight is 313 g/mol. The van der Waals surface area contributed by atoms with Crippen LogP contribution in [-0.4, -0.2) is 32.6 Å². The number of carbonyl (C=O) groups is 1. The topological polar surface area (TPSA) is 93.8 Å². The standard InChI is InChI=1S/C14H11N5O2S/c1-2-5-16-12(20)14-17-10(8-22-14)13-18-11(19-21-13)9-4-3-6-15-7-9/h2-4,6-8H,1,5H2,(H,16,20). The van der Waals surface area contributed by atoms with Crippen LogP contribution in [0.25, 0.3) is 23.0 Å². The predicted octanol–water partition coefficient (Wildman–Crippen LogP) is 2.17. The van der Waals surface area contributed by atoms with Crippen molar-refractivity contribution in [2.75, 3.05) is 6.54 Å². The molecule has 0 radical (unpaired) electrons. The van der Waals surface area contributed by atoms with E-state index in [0.29, 0.717) is 23.1 Å². The van der Waals surface area contributed by atoms with Crippen LogP contribution in [0.3, 0.4) is 0 Å². The van der Waals surface area contributed by atoms with Gasteiger partial charge in [-0.1, -0.05) is 11.2 Å². The van der Waals surface area contributed by atoms with Gasteiger partial charge in [-0.2, -0.15) is 4.98 Å². The molecule has 0 spiro atoms. The van der Waals surface area contributed by atoms with Crippen molar-refractivity contribution in [1.82, 2.24) is 25.4 Å². The minimum Gasteiger partial charge on any atom is -0.347 e. The first-order valence-electron chi connectivity index (χ1n) is 6.37. The van der Waals surface area contributed by atoms with Crippen LogP contribution < -0.4 is 5.32 Å². The Hall–Kier alpha value is -2.87. The fourth-order valence-corrected chi connectivity index (χ4v) is 2.36. The second-order valence-corrected chi connectivity index (χ2v) is 5.06. The Kier molecular flexibility index (Phi) is 4.01. The van der Waals surface area contributed by atoms with Crippen molar-refractivity contribution in [2.24, 2.45) is 0 Å². The molecule has 1 N–H and O–H groups in total. The van der Waals surface area contributed by atoms with E-state index in [0.717, 1.165) is 5.56 Å². The normalized spacial score (nSPS) is 10.4. The van der Waals surface area contributed by atoms with Gasteiger partial charge in [-0.25, -0.2) is 4.98 Å². The zero-order valence-corrected chi connectivity index (χ0v) is 12.2. The lowest BCUT2D eigenvalue weighted by molar-refractivity contribution is 0.0957. The largest absolute Gasteiger partial charge is 0.347 e. The third-order valence-corrected chi connectivity index (χ3v) is 3.51. The molecule has 0 saturated heterocycles. The van der Waals surface area contributed by atoms with Crippen molar-refractivity contribution in [3.05, 3.63) is 47.6 Å². The summed E-state index contributed by atoms with van der Waals surface area (Å²) in [6.45, 7) is 3.93. The van der Waals surface area contributed by atoms with Crippen molar-refractivity contribution in [3.8, 4) is 23.0 Å². The Labute approximate surface area is 129 Å². The summed E-state index contributed by atoms with van der Waals surface area (Å²) >= 11 is 1.21. The molecule has 110 valence electrons. The maximum atomic E-state index is 11.8. The number of thiazole rings is 1. The Morgan fingerprint density at radius 3 is 3.14 bits per heavy atom. The van der Waals surface area contributed by atoms with Crippen molar-refractivity contribution in [1.29, 1.82) is 0 Å². The molecule has 0 aliphatic heterocycles. The smallest absolute Gasteiger partial charge is 0.280 e. The minimum atomic E-state index is -0.261. The van der Waals surface area contributed by atoms with Gasteiger partial charge in [-0.15, -0.1) is 17.9 Å². The van der Waals surface area contributed by atoms with E-state index in [-0.39, 0.29) is 11.8 Å². The highest BCUT2D eigenvalue weighted by Crippen LogP contribution is 2.23. The Morgan fingerprint density at radius 2 is 2.36 bits per heavy atom. The van der Waals surface area contributed by atoms with E-state index >= 15 is 0 Å². The minimum absolute atomic E-state index is 0.261. The van der Waals surface area contributed by atoms with Gasteiger partial charge in [-0.05, 0) is 12.1 Å². The van der Waals surface area contributed by atoms with Gasteiger partial charge in [0.25, 0.3) is 11.8 Å². The van der Waals surface area contributed by atoms with Gasteiger partial charge in [0.1, 0.15) is 5.69 Å². The highest BCUT2D eigenvalue weighted by molar-refractivity contribution is 7.12. The lowest BCUT2D eigenvalue weighted by Crippen LogP contribution is -2.22. The SMILES string of the molecule is C=CCNC(=O)c1nc(-c2nc(-c3cccnc3)no2)cs1. The highest BCUT2D eigenvalue weighted by Gasteiger charge is 2.16. The van der Waals surface area contributed by atoms with Crippen molar-refractivity contribution < 1.29 is 9.32 Å². The van der Waals surface area contributed by atoms with Gasteiger partial charge in [0.15, 0.2) is 5.01 Å². The first-order chi connectivity index (χ1) is 10.8. The number of rotatable bonds is 5. The fourth-order valence-electron chi connectivity index (χ4n) is 1.66. The van der Waals surface area contributed by atoms with Crippen LogP contribution in [0.1, 0.15) is 9.80 Å². The quantitative estimate of drug-likeness (QED) is 0.726. The van der Waals surface area contributed by atoms with E-state index in [1.807, 2.05) is 6.07 Å². The molecule has 0 saturated carbocycles. The van der Waals surface area contributed by atoms with Crippen LogP contribution in [0.2, 0.25) is 0 Å². The lowest BCUT2D eigenvalue weighted by Gasteiger charge is -1.96. The van der Waals surface area contributed by atoms with Gasteiger partial charge in [0.2, 0.25) is 5.82 Å². The summed E-state index contributed by atoms with van der Waals surface area (Å²) < 4.78 is 5.19. The molecular formula is C14H11N5O2S. The van der Waals surface area contributed by atoms with E-state index in [2.05, 4.69) is 32.0 Å². The molecule has 1 amide bonds. The second kappa shape index (κ2) is 6.27. The number of amides is 1. The summed E-state index contributed by atoms with van der Waals surface area (Å²) in [6, 6.07) is 3.62. The van der Waals surface area contributed by atoms with Gasteiger partial charge in [0.05, 0.1) is 0 Å². The molecule has 3 aromatic heterocycles. The molecular weight excluding hydrogens is 302 g/mol. The molecule has 3 rings (SSSR count). The first-order valence-corrected chi connectivity index (χ1v) is 7.25. The second-order valence-electron chi connectivity index (χ2n) is 4.20. The number of carbonyl (C=O) groups excluding carboxylic acids is 1. The number of nitrogens with zero attached hydrogens (tertiary/aromatic N) is 4. The Bertz CT molecular complexity index is 796. The zero-order valence-electron chi connectivity index (χ0n) is 11.4. The molecule has 0 aliphatic carbocycles. The summed E-state index contributed by atoms with van der Waals surface area (Å²) in [4.78, 5) is 24.3. The third-order valence-electron chi connectivity index (χ3n) is 2.67. The van der Waals surface area contributed by atoms with Crippen molar-refractivity contribution in [2.45, 2.75) is 0 Å². The highest BCUT2D eigenvalue weighted by atomic mass is 32.1. The summed E-state index contributed by atoms with van der Waals surface area (Å²) in [5, 5.41) is 8.58. The van der Waals surface area contributed by atoms with Crippen LogP contribution in [0.15, 0.2) is 47.1 Å². The molecule has 0 aliphatic rings. The number of hydrogen-bond donors (Lipinski definition) is 1. The van der Waals surface area contributed by atoms with E-state index in [9.17, 15) is 4.79 Å². The molecule has 3 heterocycles. The number of pyridine rings is 1. The monoisotopic (exact) mass is 313 g/mol. The van der Waals surface area contributed by atoms with Crippen LogP contribution in [0.5, 0.6) is 0 Å². The number of nitrogens with one attached hydrogen (secondary N) is 1. The van der Waals surface area contributed by atoms with Gasteiger partial charge in [0, 0.05) is 29.9 Å². The fraction of sp³-hybridized carbons (Fsp3) is 0.0714. The van der Waals surface area contributed by atoms with Gasteiger partial charge < -0.3 is 9.84 Å². The molecule has 0 atom stereocenters. The molecule has 22 heavy (non-hydrogen) atoms. The van der Waals surface area contributed by atoms with Gasteiger partial charge >= 0.3 is 0 Å². The first kappa shape index (κ1) is 14.1. The summed E-state index contributed by atoms with van der Waals surface area (Å²) in [6.07, 6.45) is 4.91. The summed E-state index contributed by atoms with van der Waals surface area (Å²) in [5.74, 6) is 0.426. The van der Waals surface area contributed by atoms with Crippen LogP contribution in [0, 0.1) is 0 Å². The maximum absolute atomic E-state index is 11.8. The summed E-state index contributed by atoms with van der Waals surface area (Å²) in [5.41, 5.74) is 1.22. The molecule has 8 heteroatoms. The van der Waals surface area contributed by atoms with Crippen LogP contribution in [-0.2, 0) is 0 Å². The zero-order chi connectivity index (χ0) is 15.4. The van der Waals surface area contributed by atoms with Crippen LogP contribution >= 0.6 is 11.3 Å². The van der Waals surface area contributed by atoms with E-state index in [1.165, 1.54) is 11.3 Å². The molecule has 0 bridgehead atoms. The molecule has 0 fully saturated rings. The lowest BCUT2D eigenvalue weighted by atomic mass is 10.3. The van der Waals surface area contributed by atoms with E-state index in [4.69, 9.17) is 4.52 Å². The third kappa shape index (κ3) is 2.91. The average Bonchev–Trinajstić information content (AvgIpc) is 3.22. The van der Waals surface area contributed by atoms with Crippen LogP contribution in [0.4, 0.5) is 0 Å². The number of aromatic nitrogens is 4.